The van der Waals surface area contributed by atoms with E-state index in [1.54, 1.807) is 0 Å². The van der Waals surface area contributed by atoms with Crippen LogP contribution < -0.4 is 5.32 Å². The van der Waals surface area contributed by atoms with Gasteiger partial charge in [0.05, 0.1) is 17.0 Å². The smallest absolute Gasteiger partial charge is 0.255 e. The summed E-state index contributed by atoms with van der Waals surface area (Å²) in [6.07, 6.45) is 3.60. The Morgan fingerprint density at radius 2 is 1.73 bits per heavy atom. The highest BCUT2D eigenvalue weighted by Crippen LogP contribution is 2.28. The number of nitrogens with one attached hydrogen (secondary N) is 1. The maximum Gasteiger partial charge on any atom is 0.255 e. The van der Waals surface area contributed by atoms with E-state index in [4.69, 9.17) is 4.98 Å². The van der Waals surface area contributed by atoms with Gasteiger partial charge in [-0.15, -0.1) is 0 Å². The summed E-state index contributed by atoms with van der Waals surface area (Å²) >= 11 is 0. The van der Waals surface area contributed by atoms with E-state index in [0.717, 1.165) is 59.6 Å². The number of aryl methyl sites for hydroxylation is 5. The van der Waals surface area contributed by atoms with Crippen LogP contribution in [0.5, 0.6) is 0 Å². The molecule has 0 aliphatic carbocycles. The van der Waals surface area contributed by atoms with Crippen LogP contribution in [-0.4, -0.2) is 22.4 Å². The topological polar surface area (TPSA) is 54.9 Å². The highest BCUT2D eigenvalue weighted by molar-refractivity contribution is 6.01. The Morgan fingerprint density at radius 3 is 2.47 bits per heavy atom. The van der Waals surface area contributed by atoms with E-state index in [2.05, 4.69) is 61.4 Å². The Balaban J connectivity index is 1.85. The highest BCUT2D eigenvalue weighted by atomic mass is 16.1. The molecule has 2 aromatic carbocycles. The summed E-state index contributed by atoms with van der Waals surface area (Å²) in [5.41, 5.74) is 6.62. The number of amides is 1. The molecular weight excluding hydrogens is 370 g/mol. The molecule has 1 N–H and O–H groups in total. The second-order valence-electron chi connectivity index (χ2n) is 7.86. The van der Waals surface area contributed by atoms with Crippen LogP contribution in [0.15, 0.2) is 48.5 Å². The van der Waals surface area contributed by atoms with E-state index in [1.165, 1.54) is 5.56 Å². The van der Waals surface area contributed by atoms with Crippen LogP contribution in [0.25, 0.3) is 11.3 Å². The van der Waals surface area contributed by atoms with Gasteiger partial charge in [0.2, 0.25) is 0 Å². The standard InChI is InChI=1S/C26H31N3O/c1-5-10-23-28-20(4)24(25(29-23)22-17-18(2)14-15-19(22)3)26(30)27-16-9-13-21-11-7-6-8-12-21/h6-8,11-12,14-15,17H,5,9-10,13,16H2,1-4H3,(H,27,30). The Kier molecular flexibility index (Phi) is 7.34. The molecule has 1 amide bonds. The number of hydrogen-bond donors (Lipinski definition) is 1. The molecule has 0 saturated heterocycles. The van der Waals surface area contributed by atoms with Crippen LogP contribution >= 0.6 is 0 Å². The van der Waals surface area contributed by atoms with Gasteiger partial charge in [-0.05, 0) is 57.2 Å². The van der Waals surface area contributed by atoms with Crippen molar-refractivity contribution in [1.82, 2.24) is 15.3 Å². The molecule has 0 unspecified atom stereocenters. The molecular formula is C26H31N3O. The molecule has 3 rings (SSSR count). The van der Waals surface area contributed by atoms with E-state index in [1.807, 2.05) is 25.1 Å². The molecule has 0 fully saturated rings. The van der Waals surface area contributed by atoms with Gasteiger partial charge in [-0.3, -0.25) is 4.79 Å². The molecule has 30 heavy (non-hydrogen) atoms. The minimum Gasteiger partial charge on any atom is -0.352 e. The van der Waals surface area contributed by atoms with Crippen molar-refractivity contribution in [3.63, 3.8) is 0 Å². The van der Waals surface area contributed by atoms with Gasteiger partial charge in [-0.2, -0.15) is 0 Å². The molecule has 1 heterocycles. The second kappa shape index (κ2) is 10.1. The van der Waals surface area contributed by atoms with Crippen molar-refractivity contribution in [2.24, 2.45) is 0 Å². The quantitative estimate of drug-likeness (QED) is 0.515. The van der Waals surface area contributed by atoms with Crippen molar-refractivity contribution in [1.29, 1.82) is 0 Å². The predicted molar refractivity (Wildman–Crippen MR) is 123 cm³/mol. The van der Waals surface area contributed by atoms with Gasteiger partial charge in [0, 0.05) is 18.5 Å². The third-order valence-electron chi connectivity index (χ3n) is 5.26. The van der Waals surface area contributed by atoms with Gasteiger partial charge in [0.15, 0.2) is 0 Å². The molecule has 0 bridgehead atoms. The number of carbonyl (C=O) groups excluding carboxylic acids is 1. The normalized spacial score (nSPS) is 10.8. The zero-order valence-electron chi connectivity index (χ0n) is 18.5. The second-order valence-corrected chi connectivity index (χ2v) is 7.86. The first kappa shape index (κ1) is 21.7. The van der Waals surface area contributed by atoms with Gasteiger partial charge < -0.3 is 5.32 Å². The van der Waals surface area contributed by atoms with Crippen LogP contribution in [0.1, 0.15) is 58.3 Å². The number of nitrogens with zero attached hydrogens (tertiary/aromatic N) is 2. The number of hydrogen-bond acceptors (Lipinski definition) is 3. The van der Waals surface area contributed by atoms with Gasteiger partial charge in [0.25, 0.3) is 5.91 Å². The molecule has 0 aliphatic heterocycles. The van der Waals surface area contributed by atoms with E-state index in [0.29, 0.717) is 12.1 Å². The first-order valence-electron chi connectivity index (χ1n) is 10.8. The van der Waals surface area contributed by atoms with Gasteiger partial charge in [0.1, 0.15) is 5.82 Å². The number of benzene rings is 2. The summed E-state index contributed by atoms with van der Waals surface area (Å²) in [5.74, 6) is 0.700. The molecule has 4 nitrogen and oxygen atoms in total. The summed E-state index contributed by atoms with van der Waals surface area (Å²) in [5, 5.41) is 3.09. The lowest BCUT2D eigenvalue weighted by Crippen LogP contribution is -2.27. The molecule has 0 atom stereocenters. The van der Waals surface area contributed by atoms with Gasteiger partial charge >= 0.3 is 0 Å². The molecule has 0 radical (unpaired) electrons. The van der Waals surface area contributed by atoms with Crippen molar-refractivity contribution in [2.75, 3.05) is 6.54 Å². The maximum absolute atomic E-state index is 13.1. The molecule has 1 aromatic heterocycles. The summed E-state index contributed by atoms with van der Waals surface area (Å²) in [7, 11) is 0. The fourth-order valence-electron chi connectivity index (χ4n) is 3.65. The van der Waals surface area contributed by atoms with Crippen LogP contribution in [0.2, 0.25) is 0 Å². The maximum atomic E-state index is 13.1. The van der Waals surface area contributed by atoms with Crippen molar-refractivity contribution >= 4 is 5.91 Å². The third-order valence-corrected chi connectivity index (χ3v) is 5.26. The monoisotopic (exact) mass is 401 g/mol. The van der Waals surface area contributed by atoms with Crippen LogP contribution in [-0.2, 0) is 12.8 Å². The lowest BCUT2D eigenvalue weighted by atomic mass is 9.97. The number of rotatable bonds is 8. The van der Waals surface area contributed by atoms with E-state index in [9.17, 15) is 4.79 Å². The van der Waals surface area contributed by atoms with Crippen LogP contribution in [0, 0.1) is 20.8 Å². The molecule has 3 aromatic rings. The summed E-state index contributed by atoms with van der Waals surface area (Å²) in [6, 6.07) is 16.6. The van der Waals surface area contributed by atoms with Crippen molar-refractivity contribution in [3.05, 3.63) is 82.3 Å². The van der Waals surface area contributed by atoms with E-state index in [-0.39, 0.29) is 5.91 Å². The lowest BCUT2D eigenvalue weighted by Gasteiger charge is -2.16. The third kappa shape index (κ3) is 5.32. The summed E-state index contributed by atoms with van der Waals surface area (Å²) < 4.78 is 0. The SMILES string of the molecule is CCCc1nc(C)c(C(=O)NCCCc2ccccc2)c(-c2cc(C)ccc2C)n1. The van der Waals surface area contributed by atoms with Crippen molar-refractivity contribution < 1.29 is 4.79 Å². The minimum atomic E-state index is -0.0977. The average Bonchev–Trinajstić information content (AvgIpc) is 2.73. The van der Waals surface area contributed by atoms with Crippen LogP contribution in [0.4, 0.5) is 0 Å². The van der Waals surface area contributed by atoms with Gasteiger partial charge in [-0.1, -0.05) is 55.0 Å². The Hall–Kier alpha value is -3.01. The Morgan fingerprint density at radius 1 is 0.967 bits per heavy atom. The van der Waals surface area contributed by atoms with Crippen LogP contribution in [0.3, 0.4) is 0 Å². The fourth-order valence-corrected chi connectivity index (χ4v) is 3.65. The summed E-state index contributed by atoms with van der Waals surface area (Å²) in [4.78, 5) is 22.6. The van der Waals surface area contributed by atoms with E-state index < -0.39 is 0 Å². The number of carbonyl (C=O) groups is 1. The molecule has 156 valence electrons. The Labute approximate surface area is 179 Å². The first-order chi connectivity index (χ1) is 14.5. The average molecular weight is 402 g/mol. The van der Waals surface area contributed by atoms with Crippen molar-refractivity contribution in [3.8, 4) is 11.3 Å². The highest BCUT2D eigenvalue weighted by Gasteiger charge is 2.21. The van der Waals surface area contributed by atoms with Gasteiger partial charge in [-0.25, -0.2) is 9.97 Å². The zero-order chi connectivity index (χ0) is 21.5. The number of aromatic nitrogens is 2. The molecule has 4 heteroatoms. The lowest BCUT2D eigenvalue weighted by molar-refractivity contribution is 0.0952. The molecule has 0 saturated carbocycles. The predicted octanol–water partition coefficient (Wildman–Crippen LogP) is 5.38. The fraction of sp³-hybridized carbons (Fsp3) is 0.346. The van der Waals surface area contributed by atoms with Crippen molar-refractivity contribution in [2.45, 2.75) is 53.4 Å². The largest absolute Gasteiger partial charge is 0.352 e. The summed E-state index contributed by atoms with van der Waals surface area (Å²) in [6.45, 7) is 8.77. The zero-order valence-corrected chi connectivity index (χ0v) is 18.5. The molecule has 0 spiro atoms. The molecule has 0 aliphatic rings. The first-order valence-corrected chi connectivity index (χ1v) is 10.8. The Bertz CT molecular complexity index is 1010. The van der Waals surface area contributed by atoms with E-state index >= 15 is 0 Å². The minimum absolute atomic E-state index is 0.0977.